The summed E-state index contributed by atoms with van der Waals surface area (Å²) in [7, 11) is 1.29. The summed E-state index contributed by atoms with van der Waals surface area (Å²) in [5, 5.41) is 9.79. The quantitative estimate of drug-likeness (QED) is 0.237. The van der Waals surface area contributed by atoms with Gasteiger partial charge in [-0.1, -0.05) is 12.1 Å². The average Bonchev–Trinajstić information content (AvgIpc) is 3.50. The van der Waals surface area contributed by atoms with Gasteiger partial charge in [-0.2, -0.15) is 28.4 Å². The van der Waals surface area contributed by atoms with Gasteiger partial charge in [0.05, 0.1) is 30.6 Å². The molecule has 0 fully saturated rings. The minimum Gasteiger partial charge on any atom is -0.490 e. The van der Waals surface area contributed by atoms with Gasteiger partial charge in [0.1, 0.15) is 46.1 Å². The number of nitrogens with zero attached hydrogens (tertiary/aromatic N) is 5. The molecule has 0 bridgehead atoms. The van der Waals surface area contributed by atoms with Gasteiger partial charge >= 0.3 is 12.2 Å². The van der Waals surface area contributed by atoms with Gasteiger partial charge in [0.15, 0.2) is 5.82 Å². The van der Waals surface area contributed by atoms with Crippen molar-refractivity contribution in [2.45, 2.75) is 25.1 Å². The molecule has 14 heteroatoms. The number of fused-ring (bicyclic) bond motifs is 2. The van der Waals surface area contributed by atoms with Crippen molar-refractivity contribution in [3.05, 3.63) is 58.5 Å². The van der Waals surface area contributed by atoms with Crippen molar-refractivity contribution in [1.82, 2.24) is 15.0 Å². The number of aryl methyl sites for hydroxylation is 1. The predicted molar refractivity (Wildman–Crippen MR) is 154 cm³/mol. The third-order valence-electron chi connectivity index (χ3n) is 7.95. The van der Waals surface area contributed by atoms with Crippen LogP contribution in [0.5, 0.6) is 11.8 Å². The van der Waals surface area contributed by atoms with Crippen molar-refractivity contribution >= 4 is 49.0 Å². The molecule has 43 heavy (non-hydrogen) atoms. The number of alkyl halides is 3. The second-order valence-electron chi connectivity index (χ2n) is 10.1. The molecular weight excluding hydrogens is 586 g/mol. The first-order valence-corrected chi connectivity index (χ1v) is 14.0. The van der Waals surface area contributed by atoms with E-state index in [2.05, 4.69) is 15.0 Å². The zero-order chi connectivity index (χ0) is 30.2. The number of nitrogens with two attached hydrogens (primary N) is 2. The number of nitriles is 1. The standard InChI is InChI=1S/C29H21F4N7O2S/c1-41-28-38-23-20-24(42-10-9-40(27(20)39-28)15-6-5-12-7-8-37-25(35)17(12)15)21(29(31,32)33)19(22(23)30)13-3-2-4-16-18(13)14(11-34)26(36)43-16/h2-4,7-8,15H,5-6,9-10,36H2,1H3,(H2,35,37). The van der Waals surface area contributed by atoms with Crippen LogP contribution in [0.25, 0.3) is 32.1 Å². The number of rotatable bonds is 3. The fourth-order valence-corrected chi connectivity index (χ4v) is 7.20. The number of hydrogen-bond acceptors (Lipinski definition) is 10. The largest absolute Gasteiger partial charge is 0.490 e. The Morgan fingerprint density at radius 3 is 2.74 bits per heavy atom. The number of aromatic nitrogens is 3. The van der Waals surface area contributed by atoms with Crippen LogP contribution in [0.15, 0.2) is 30.5 Å². The third-order valence-corrected chi connectivity index (χ3v) is 8.93. The summed E-state index contributed by atoms with van der Waals surface area (Å²) in [6.45, 7) is -0.0567. The minimum atomic E-state index is -5.07. The Bertz CT molecular complexity index is 2020. The van der Waals surface area contributed by atoms with Crippen LogP contribution < -0.4 is 25.8 Å². The lowest BCUT2D eigenvalue weighted by atomic mass is 9.91. The second-order valence-corrected chi connectivity index (χ2v) is 11.2. The molecule has 218 valence electrons. The van der Waals surface area contributed by atoms with Crippen LogP contribution in [0, 0.1) is 17.1 Å². The number of halogens is 4. The van der Waals surface area contributed by atoms with Crippen LogP contribution in [0.2, 0.25) is 0 Å². The summed E-state index contributed by atoms with van der Waals surface area (Å²) in [5.74, 6) is -1.53. The van der Waals surface area contributed by atoms with Gasteiger partial charge in [0.2, 0.25) is 0 Å². The molecule has 2 aromatic carbocycles. The van der Waals surface area contributed by atoms with Gasteiger partial charge in [-0.05, 0) is 36.1 Å². The van der Waals surface area contributed by atoms with Crippen LogP contribution in [-0.4, -0.2) is 35.2 Å². The second kappa shape index (κ2) is 9.56. The van der Waals surface area contributed by atoms with E-state index in [4.69, 9.17) is 20.9 Å². The first-order valence-electron chi connectivity index (χ1n) is 13.2. The maximum absolute atomic E-state index is 16.8. The van der Waals surface area contributed by atoms with Crippen LogP contribution in [0.4, 0.5) is 34.2 Å². The molecule has 4 N–H and O–H groups in total. The molecule has 5 aromatic rings. The number of anilines is 3. The Labute approximate surface area is 245 Å². The minimum absolute atomic E-state index is 0.0297. The van der Waals surface area contributed by atoms with Crippen molar-refractivity contribution in [2.75, 3.05) is 36.6 Å². The molecule has 1 aliphatic heterocycles. The zero-order valence-corrected chi connectivity index (χ0v) is 23.2. The summed E-state index contributed by atoms with van der Waals surface area (Å²) in [6.07, 6.45) is -2.22. The lowest BCUT2D eigenvalue weighted by Crippen LogP contribution is -2.32. The SMILES string of the molecule is COc1nc2c3c(c(C(F)(F)F)c(-c4cccc5sc(N)c(C#N)c45)c(F)c3n1)OCCN2C1CCc2ccnc(N)c21. The monoisotopic (exact) mass is 607 g/mol. The highest BCUT2D eigenvalue weighted by atomic mass is 32.1. The van der Waals surface area contributed by atoms with Crippen LogP contribution in [0.1, 0.15) is 34.7 Å². The molecule has 9 nitrogen and oxygen atoms in total. The molecule has 3 aromatic heterocycles. The Hall–Kier alpha value is -4.90. The number of nitrogen functional groups attached to an aromatic ring is 2. The highest BCUT2D eigenvalue weighted by molar-refractivity contribution is 7.23. The van der Waals surface area contributed by atoms with Crippen LogP contribution >= 0.6 is 11.3 Å². The zero-order valence-electron chi connectivity index (χ0n) is 22.4. The summed E-state index contributed by atoms with van der Waals surface area (Å²) in [6, 6.07) is 7.59. The Morgan fingerprint density at radius 1 is 1.19 bits per heavy atom. The summed E-state index contributed by atoms with van der Waals surface area (Å²) in [5.41, 5.74) is 11.3. The molecule has 0 saturated heterocycles. The molecular formula is C29H21F4N7O2S. The van der Waals surface area contributed by atoms with Gasteiger partial charge in [-0.15, -0.1) is 11.3 Å². The van der Waals surface area contributed by atoms with Gasteiger partial charge in [0.25, 0.3) is 0 Å². The van der Waals surface area contributed by atoms with E-state index in [0.29, 0.717) is 23.4 Å². The van der Waals surface area contributed by atoms with E-state index >= 15 is 17.6 Å². The maximum atomic E-state index is 16.8. The maximum Gasteiger partial charge on any atom is 0.420 e. The van der Waals surface area contributed by atoms with E-state index < -0.39 is 40.4 Å². The number of pyridine rings is 1. The number of ether oxygens (including phenoxy) is 2. The van der Waals surface area contributed by atoms with E-state index in [1.54, 1.807) is 17.2 Å². The Morgan fingerprint density at radius 2 is 2.00 bits per heavy atom. The summed E-state index contributed by atoms with van der Waals surface area (Å²) >= 11 is 1.03. The number of hydrogen-bond donors (Lipinski definition) is 2. The highest BCUT2D eigenvalue weighted by Crippen LogP contribution is 2.54. The third kappa shape index (κ3) is 3.91. The Kier molecular flexibility index (Phi) is 6.00. The normalized spacial score (nSPS) is 16.2. The van der Waals surface area contributed by atoms with E-state index in [1.807, 2.05) is 12.1 Å². The number of methoxy groups -OCH3 is 1. The highest BCUT2D eigenvalue weighted by Gasteiger charge is 2.44. The topological polar surface area (TPSA) is 136 Å². The molecule has 0 spiro atoms. The van der Waals surface area contributed by atoms with E-state index in [-0.39, 0.29) is 51.9 Å². The molecule has 0 saturated carbocycles. The molecule has 4 heterocycles. The lowest BCUT2D eigenvalue weighted by Gasteiger charge is -2.30. The molecule has 1 atom stereocenters. The smallest absolute Gasteiger partial charge is 0.420 e. The molecule has 7 rings (SSSR count). The van der Waals surface area contributed by atoms with Crippen molar-refractivity contribution in [2.24, 2.45) is 0 Å². The fraction of sp³-hybridized carbons (Fsp3) is 0.241. The van der Waals surface area contributed by atoms with Crippen LogP contribution in [0.3, 0.4) is 0 Å². The number of thiophene rings is 1. The molecule has 0 amide bonds. The molecule has 2 aliphatic rings. The Balaban J connectivity index is 1.60. The van der Waals surface area contributed by atoms with E-state index in [1.165, 1.54) is 19.2 Å². The summed E-state index contributed by atoms with van der Waals surface area (Å²) in [4.78, 5) is 14.6. The van der Waals surface area contributed by atoms with E-state index in [0.717, 1.165) is 22.5 Å². The van der Waals surface area contributed by atoms with Crippen molar-refractivity contribution in [3.63, 3.8) is 0 Å². The lowest BCUT2D eigenvalue weighted by molar-refractivity contribution is -0.138. The molecule has 1 unspecified atom stereocenters. The van der Waals surface area contributed by atoms with Crippen molar-refractivity contribution < 1.29 is 27.0 Å². The predicted octanol–water partition coefficient (Wildman–Crippen LogP) is 6.00. The van der Waals surface area contributed by atoms with Gasteiger partial charge < -0.3 is 25.8 Å². The van der Waals surface area contributed by atoms with Crippen LogP contribution in [-0.2, 0) is 12.6 Å². The first kappa shape index (κ1) is 27.0. The average molecular weight is 608 g/mol. The number of benzene rings is 2. The fourth-order valence-electron chi connectivity index (χ4n) is 6.25. The van der Waals surface area contributed by atoms with Gasteiger partial charge in [-0.3, -0.25) is 0 Å². The molecule has 0 radical (unpaired) electrons. The van der Waals surface area contributed by atoms with E-state index in [9.17, 15) is 5.26 Å². The van der Waals surface area contributed by atoms with Crippen molar-refractivity contribution in [1.29, 1.82) is 5.26 Å². The van der Waals surface area contributed by atoms with Gasteiger partial charge in [-0.25, -0.2) is 9.37 Å². The summed E-state index contributed by atoms with van der Waals surface area (Å²) < 4.78 is 73.8. The first-order chi connectivity index (χ1) is 20.6. The molecule has 1 aliphatic carbocycles. The van der Waals surface area contributed by atoms with Crippen molar-refractivity contribution in [3.8, 4) is 29.0 Å². The van der Waals surface area contributed by atoms with Gasteiger partial charge in [0, 0.05) is 27.4 Å².